The van der Waals surface area contributed by atoms with Gasteiger partial charge in [-0.2, -0.15) is 5.10 Å². The van der Waals surface area contributed by atoms with Crippen molar-refractivity contribution in [3.05, 3.63) is 59.9 Å². The lowest BCUT2D eigenvalue weighted by Crippen LogP contribution is -2.47. The quantitative estimate of drug-likeness (QED) is 0.576. The van der Waals surface area contributed by atoms with E-state index in [9.17, 15) is 18.4 Å². The molecule has 1 N–H and O–H groups in total. The predicted molar refractivity (Wildman–Crippen MR) is 128 cm³/mol. The second-order valence-corrected chi connectivity index (χ2v) is 9.12. The number of benzene rings is 2. The molecule has 1 spiro atoms. The van der Waals surface area contributed by atoms with Gasteiger partial charge in [-0.05, 0) is 31.4 Å². The number of carbonyl (C=O) groups is 2. The monoisotopic (exact) mass is 496 g/mol. The number of methoxy groups -OCH3 is 2. The van der Waals surface area contributed by atoms with E-state index in [0.29, 0.717) is 31.6 Å². The van der Waals surface area contributed by atoms with Crippen LogP contribution in [0.4, 0.5) is 14.5 Å². The molecule has 0 atom stereocenters. The van der Waals surface area contributed by atoms with Crippen molar-refractivity contribution in [1.29, 1.82) is 0 Å². The normalized spacial score (nSPS) is 17.1. The Morgan fingerprint density at radius 3 is 2.33 bits per heavy atom. The summed E-state index contributed by atoms with van der Waals surface area (Å²) in [6, 6.07) is 7.61. The molecule has 10 heteroatoms. The summed E-state index contributed by atoms with van der Waals surface area (Å²) in [7, 11) is 2.88. The summed E-state index contributed by atoms with van der Waals surface area (Å²) in [5, 5.41) is 6.76. The summed E-state index contributed by atoms with van der Waals surface area (Å²) in [4.78, 5) is 29.6. The van der Waals surface area contributed by atoms with Gasteiger partial charge in [-0.1, -0.05) is 0 Å². The Labute approximate surface area is 206 Å². The van der Waals surface area contributed by atoms with Gasteiger partial charge in [-0.25, -0.2) is 8.78 Å². The van der Waals surface area contributed by atoms with E-state index in [1.165, 1.54) is 12.0 Å². The molecule has 5 rings (SSSR count). The van der Waals surface area contributed by atoms with Crippen LogP contribution in [0.5, 0.6) is 11.5 Å². The highest BCUT2D eigenvalue weighted by atomic mass is 19.1. The molecule has 36 heavy (non-hydrogen) atoms. The number of halogens is 2. The number of amides is 2. The van der Waals surface area contributed by atoms with Gasteiger partial charge >= 0.3 is 0 Å². The average molecular weight is 497 g/mol. The van der Waals surface area contributed by atoms with Crippen molar-refractivity contribution in [2.24, 2.45) is 5.41 Å². The van der Waals surface area contributed by atoms with Crippen molar-refractivity contribution in [2.45, 2.75) is 19.3 Å². The van der Waals surface area contributed by atoms with Crippen LogP contribution in [0, 0.1) is 17.0 Å². The molecule has 0 bridgehead atoms. The minimum atomic E-state index is -0.965. The highest BCUT2D eigenvalue weighted by Crippen LogP contribution is 2.44. The third-order valence-electron chi connectivity index (χ3n) is 7.29. The van der Waals surface area contributed by atoms with Gasteiger partial charge in [0, 0.05) is 60.8 Å². The first-order valence-corrected chi connectivity index (χ1v) is 11.7. The second kappa shape index (κ2) is 9.25. The van der Waals surface area contributed by atoms with Crippen LogP contribution in [-0.4, -0.2) is 60.8 Å². The van der Waals surface area contributed by atoms with Crippen molar-refractivity contribution in [3.8, 4) is 22.6 Å². The molecule has 2 aromatic carbocycles. The molecule has 2 aliphatic rings. The number of nitrogens with one attached hydrogen (secondary N) is 1. The van der Waals surface area contributed by atoms with E-state index in [1.54, 1.807) is 24.4 Å². The number of carbonyl (C=O) groups excluding carboxylic acids is 2. The molecule has 2 amide bonds. The summed E-state index contributed by atoms with van der Waals surface area (Å²) in [6.45, 7) is 1.03. The minimum Gasteiger partial charge on any atom is -0.497 e. The van der Waals surface area contributed by atoms with Crippen molar-refractivity contribution in [2.75, 3.05) is 38.8 Å². The molecule has 188 valence electrons. The number of rotatable bonds is 5. The van der Waals surface area contributed by atoms with Gasteiger partial charge in [-0.3, -0.25) is 14.7 Å². The number of ether oxygens (including phenoxy) is 2. The third kappa shape index (κ3) is 3.96. The Hall–Kier alpha value is -3.95. The molecule has 1 aromatic heterocycles. The Bertz CT molecular complexity index is 1280. The van der Waals surface area contributed by atoms with E-state index in [2.05, 4.69) is 10.2 Å². The first kappa shape index (κ1) is 23.8. The molecule has 0 aliphatic carbocycles. The standard InChI is InChI=1S/C26H26F2N4O4/c1-35-18-12-20(27)23(21(28)13-18)24(33)31-8-5-26(6-9-31)7-10-32(25(26)34)17-3-4-19(22(11-17)36-2)16-14-29-30-15-16/h3-4,11-15H,5-10H2,1-2H3,(H,29,30). The maximum atomic E-state index is 14.4. The van der Waals surface area contributed by atoms with Crippen LogP contribution in [0.15, 0.2) is 42.7 Å². The van der Waals surface area contributed by atoms with Crippen LogP contribution >= 0.6 is 0 Å². The summed E-state index contributed by atoms with van der Waals surface area (Å²) in [5.41, 5.74) is 1.27. The molecule has 8 nitrogen and oxygen atoms in total. The number of hydrogen-bond donors (Lipinski definition) is 1. The molecule has 3 aromatic rings. The van der Waals surface area contributed by atoms with Crippen LogP contribution in [0.3, 0.4) is 0 Å². The largest absolute Gasteiger partial charge is 0.497 e. The van der Waals surface area contributed by atoms with Gasteiger partial charge in [-0.15, -0.1) is 0 Å². The topological polar surface area (TPSA) is 87.8 Å². The zero-order chi connectivity index (χ0) is 25.4. The highest BCUT2D eigenvalue weighted by Gasteiger charge is 2.49. The van der Waals surface area contributed by atoms with Gasteiger partial charge in [0.25, 0.3) is 5.91 Å². The van der Waals surface area contributed by atoms with E-state index in [0.717, 1.165) is 28.9 Å². The highest BCUT2D eigenvalue weighted by molar-refractivity contribution is 6.01. The lowest BCUT2D eigenvalue weighted by Gasteiger charge is -2.38. The van der Waals surface area contributed by atoms with E-state index in [1.807, 2.05) is 18.2 Å². The Kier molecular flexibility index (Phi) is 6.11. The van der Waals surface area contributed by atoms with Crippen molar-refractivity contribution < 1.29 is 27.8 Å². The molecule has 2 aliphatic heterocycles. The fourth-order valence-corrected chi connectivity index (χ4v) is 5.18. The summed E-state index contributed by atoms with van der Waals surface area (Å²) >= 11 is 0. The first-order valence-electron chi connectivity index (χ1n) is 11.7. The van der Waals surface area contributed by atoms with E-state index in [4.69, 9.17) is 9.47 Å². The maximum Gasteiger partial charge on any atom is 0.259 e. The van der Waals surface area contributed by atoms with Crippen molar-refractivity contribution >= 4 is 17.5 Å². The van der Waals surface area contributed by atoms with Crippen LogP contribution in [0.2, 0.25) is 0 Å². The van der Waals surface area contributed by atoms with E-state index in [-0.39, 0.29) is 24.7 Å². The lowest BCUT2D eigenvalue weighted by molar-refractivity contribution is -0.127. The van der Waals surface area contributed by atoms with Crippen LogP contribution in [0.1, 0.15) is 29.6 Å². The van der Waals surface area contributed by atoms with Crippen LogP contribution in [0.25, 0.3) is 11.1 Å². The summed E-state index contributed by atoms with van der Waals surface area (Å²) in [5.74, 6) is -2.02. The number of likely N-dealkylation sites (tertiary alicyclic amines) is 1. The smallest absolute Gasteiger partial charge is 0.259 e. The minimum absolute atomic E-state index is 0.00483. The SMILES string of the molecule is COc1cc(F)c(C(=O)N2CCC3(CC2)CCN(c2ccc(-c4cn[nH]c4)c(OC)c2)C3=O)c(F)c1. The number of hydrogen-bond acceptors (Lipinski definition) is 5. The molecule has 0 radical (unpaired) electrons. The molecule has 2 fully saturated rings. The summed E-state index contributed by atoms with van der Waals surface area (Å²) in [6.07, 6.45) is 4.97. The van der Waals surface area contributed by atoms with Gasteiger partial charge in [0.2, 0.25) is 5.91 Å². The average Bonchev–Trinajstić information content (AvgIpc) is 3.53. The van der Waals surface area contributed by atoms with Gasteiger partial charge in [0.15, 0.2) is 0 Å². The Morgan fingerprint density at radius 2 is 1.72 bits per heavy atom. The predicted octanol–water partition coefficient (Wildman–Crippen LogP) is 4.03. The molecule has 0 saturated carbocycles. The van der Waals surface area contributed by atoms with Crippen LogP contribution < -0.4 is 14.4 Å². The van der Waals surface area contributed by atoms with Crippen molar-refractivity contribution in [1.82, 2.24) is 15.1 Å². The molecule has 2 saturated heterocycles. The molecule has 0 unspecified atom stereocenters. The number of H-pyrrole nitrogens is 1. The molecular weight excluding hydrogens is 470 g/mol. The maximum absolute atomic E-state index is 14.4. The van der Waals surface area contributed by atoms with E-state index < -0.39 is 28.5 Å². The van der Waals surface area contributed by atoms with Crippen LogP contribution in [-0.2, 0) is 4.79 Å². The number of nitrogens with zero attached hydrogens (tertiary/aromatic N) is 3. The number of aromatic nitrogens is 2. The molecule has 3 heterocycles. The second-order valence-electron chi connectivity index (χ2n) is 9.12. The first-order chi connectivity index (χ1) is 17.4. The summed E-state index contributed by atoms with van der Waals surface area (Å²) < 4.78 is 39.3. The molecular formula is C26H26F2N4O4. The van der Waals surface area contributed by atoms with E-state index >= 15 is 0 Å². The third-order valence-corrected chi connectivity index (χ3v) is 7.29. The fourth-order valence-electron chi connectivity index (χ4n) is 5.18. The van der Waals surface area contributed by atoms with Gasteiger partial charge in [0.1, 0.15) is 28.7 Å². The number of piperidine rings is 1. The van der Waals surface area contributed by atoms with Gasteiger partial charge in [0.05, 0.1) is 25.8 Å². The zero-order valence-electron chi connectivity index (χ0n) is 20.0. The van der Waals surface area contributed by atoms with Crippen molar-refractivity contribution in [3.63, 3.8) is 0 Å². The lowest BCUT2D eigenvalue weighted by atomic mass is 9.77. The fraction of sp³-hybridized carbons (Fsp3) is 0.346. The Balaban J connectivity index is 1.30. The number of anilines is 1. The number of aromatic amines is 1. The zero-order valence-corrected chi connectivity index (χ0v) is 20.0. The Morgan fingerprint density at radius 1 is 1.03 bits per heavy atom. The van der Waals surface area contributed by atoms with Gasteiger partial charge < -0.3 is 19.3 Å².